The maximum absolute atomic E-state index is 12.9. The number of hydrogen-bond donors (Lipinski definition) is 1. The summed E-state index contributed by atoms with van der Waals surface area (Å²) in [7, 11) is 4.96. The first-order valence-corrected chi connectivity index (χ1v) is 10.4. The fourth-order valence-corrected chi connectivity index (χ4v) is 4.07. The van der Waals surface area contributed by atoms with E-state index in [0.717, 1.165) is 27.8 Å². The molecule has 2 heterocycles. The summed E-state index contributed by atoms with van der Waals surface area (Å²) in [5.74, 6) is 0.799. The van der Waals surface area contributed by atoms with E-state index < -0.39 is 0 Å². The number of rotatable bonds is 7. The summed E-state index contributed by atoms with van der Waals surface area (Å²) >= 11 is 0. The van der Waals surface area contributed by atoms with E-state index >= 15 is 0 Å². The molecule has 2 aromatic heterocycles. The zero-order chi connectivity index (χ0) is 22.4. The number of hydrogen-bond acceptors (Lipinski definition) is 6. The highest BCUT2D eigenvalue weighted by atomic mass is 16.5. The normalized spacial score (nSPS) is 17.5. The highest BCUT2D eigenvalue weighted by Crippen LogP contribution is 2.39. The van der Waals surface area contributed by atoms with E-state index in [1.807, 2.05) is 54.3 Å². The molecule has 1 aliphatic rings. The van der Waals surface area contributed by atoms with Gasteiger partial charge in [0.2, 0.25) is 0 Å². The van der Waals surface area contributed by atoms with Gasteiger partial charge in [0.15, 0.2) is 5.78 Å². The lowest BCUT2D eigenvalue weighted by molar-refractivity contribution is 0.0961. The summed E-state index contributed by atoms with van der Waals surface area (Å²) in [5, 5.41) is 13.8. The average Bonchev–Trinajstić information content (AvgIpc) is 3.17. The highest BCUT2D eigenvalue weighted by molar-refractivity contribution is 6.02. The van der Waals surface area contributed by atoms with Gasteiger partial charge in [-0.3, -0.25) is 14.0 Å². The van der Waals surface area contributed by atoms with Crippen LogP contribution in [-0.2, 0) is 7.05 Å². The van der Waals surface area contributed by atoms with Crippen LogP contribution in [-0.4, -0.2) is 50.5 Å². The van der Waals surface area contributed by atoms with Crippen LogP contribution in [0.1, 0.15) is 23.2 Å². The summed E-state index contributed by atoms with van der Waals surface area (Å²) in [4.78, 5) is 17.5. The molecule has 0 spiro atoms. The molecule has 0 radical (unpaired) electrons. The maximum Gasteiger partial charge on any atom is 0.170 e. The minimum Gasteiger partial charge on any atom is -0.496 e. The largest absolute Gasteiger partial charge is 0.496 e. The van der Waals surface area contributed by atoms with Crippen molar-refractivity contribution >= 4 is 16.8 Å². The van der Waals surface area contributed by atoms with Crippen LogP contribution in [0.15, 0.2) is 49.1 Å². The predicted octanol–water partition coefficient (Wildman–Crippen LogP) is 3.40. The molecule has 0 saturated heterocycles. The molecule has 2 aromatic carbocycles. The molecule has 5 rings (SSSR count). The number of carbonyl (C=O) groups excluding carboxylic acids is 1. The molecular weight excluding hydrogens is 408 g/mol. The van der Waals surface area contributed by atoms with E-state index in [9.17, 15) is 9.90 Å². The molecule has 1 saturated carbocycles. The average molecular weight is 432 g/mol. The summed E-state index contributed by atoms with van der Waals surface area (Å²) < 4.78 is 14.8. The van der Waals surface area contributed by atoms with Crippen molar-refractivity contribution in [1.82, 2.24) is 19.3 Å². The fourth-order valence-electron chi connectivity index (χ4n) is 4.07. The summed E-state index contributed by atoms with van der Waals surface area (Å²) in [6, 6.07) is 9.70. The molecule has 1 N–H and O–H groups in total. The van der Waals surface area contributed by atoms with Gasteiger partial charge < -0.3 is 14.6 Å². The first-order chi connectivity index (χ1) is 15.5. The monoisotopic (exact) mass is 432 g/mol. The molecule has 0 unspecified atom stereocenters. The molecular formula is C24H24N4O4. The Morgan fingerprint density at radius 1 is 1.16 bits per heavy atom. The molecule has 0 aliphatic heterocycles. The van der Waals surface area contributed by atoms with E-state index in [4.69, 9.17) is 9.47 Å². The van der Waals surface area contributed by atoms with Crippen LogP contribution >= 0.6 is 0 Å². The number of aliphatic hydroxyl groups excluding tert-OH is 1. The molecule has 8 heteroatoms. The number of fused-ring (bicyclic) bond motifs is 1. The quantitative estimate of drug-likeness (QED) is 0.450. The Morgan fingerprint density at radius 3 is 2.47 bits per heavy atom. The van der Waals surface area contributed by atoms with Gasteiger partial charge in [-0.25, -0.2) is 4.98 Å². The topological polar surface area (TPSA) is 91.4 Å². The van der Waals surface area contributed by atoms with Crippen LogP contribution in [0.3, 0.4) is 0 Å². The van der Waals surface area contributed by atoms with Crippen molar-refractivity contribution in [3.05, 3.63) is 54.6 Å². The van der Waals surface area contributed by atoms with Gasteiger partial charge in [-0.2, -0.15) is 5.10 Å². The van der Waals surface area contributed by atoms with Crippen molar-refractivity contribution in [2.24, 2.45) is 13.0 Å². The minimum absolute atomic E-state index is 0.0168. The summed E-state index contributed by atoms with van der Waals surface area (Å²) in [6.07, 6.45) is 6.08. The fraction of sp³-hybridized carbons (Fsp3) is 0.292. The van der Waals surface area contributed by atoms with Crippen LogP contribution < -0.4 is 9.47 Å². The number of carbonyl (C=O) groups is 1. The number of aliphatic hydroxyl groups is 1. The Balaban J connectivity index is 1.54. The first-order valence-electron chi connectivity index (χ1n) is 10.4. The number of benzene rings is 2. The number of nitrogens with zero attached hydrogens (tertiary/aromatic N) is 4. The standard InChI is InChI=1S/C24H24N4O4/c1-27-12-16(11-26-27)14-4-5-19-18(6-14)25-13-28(19)17-9-22(31-2)24(23(10-17)32-3)21(30)8-15-7-20(15)29/h4-6,9-13,15,20,29H,7-8H2,1-3H3/t15-,20+/m0/s1. The Morgan fingerprint density at radius 2 is 1.88 bits per heavy atom. The lowest BCUT2D eigenvalue weighted by atomic mass is 10.0. The number of aryl methyl sites for hydroxylation is 1. The Hall–Kier alpha value is -3.65. The second-order valence-electron chi connectivity index (χ2n) is 8.14. The number of imidazole rings is 1. The maximum atomic E-state index is 12.9. The Bertz CT molecular complexity index is 1300. The zero-order valence-corrected chi connectivity index (χ0v) is 18.1. The number of ketones is 1. The number of ether oxygens (including phenoxy) is 2. The third-order valence-electron chi connectivity index (χ3n) is 5.97. The van der Waals surface area contributed by atoms with Gasteiger partial charge in [-0.15, -0.1) is 0 Å². The number of Topliss-reactive ketones (excluding diaryl/α,β-unsaturated/α-hetero) is 1. The van der Waals surface area contributed by atoms with Crippen LogP contribution in [0.5, 0.6) is 11.5 Å². The van der Waals surface area contributed by atoms with E-state index in [0.29, 0.717) is 23.5 Å². The van der Waals surface area contributed by atoms with Crippen molar-refractivity contribution in [1.29, 1.82) is 0 Å². The molecule has 0 bridgehead atoms. The summed E-state index contributed by atoms with van der Waals surface area (Å²) in [6.45, 7) is 0. The van der Waals surface area contributed by atoms with E-state index in [1.165, 1.54) is 14.2 Å². The molecule has 1 aliphatic carbocycles. The van der Waals surface area contributed by atoms with Crippen molar-refractivity contribution < 1.29 is 19.4 Å². The van der Waals surface area contributed by atoms with Gasteiger partial charge in [0, 0.05) is 37.4 Å². The lowest BCUT2D eigenvalue weighted by Crippen LogP contribution is -2.08. The Labute approximate surface area is 185 Å². The molecule has 0 amide bonds. The predicted molar refractivity (Wildman–Crippen MR) is 119 cm³/mol. The lowest BCUT2D eigenvalue weighted by Gasteiger charge is -2.15. The van der Waals surface area contributed by atoms with Gasteiger partial charge >= 0.3 is 0 Å². The minimum atomic E-state index is -0.385. The third kappa shape index (κ3) is 3.52. The molecule has 2 atom stereocenters. The molecule has 32 heavy (non-hydrogen) atoms. The second-order valence-corrected chi connectivity index (χ2v) is 8.14. The third-order valence-corrected chi connectivity index (χ3v) is 5.97. The van der Waals surface area contributed by atoms with Crippen LogP contribution in [0.2, 0.25) is 0 Å². The van der Waals surface area contributed by atoms with Crippen LogP contribution in [0, 0.1) is 5.92 Å². The SMILES string of the molecule is COc1cc(-n2cnc3cc(-c4cnn(C)c4)ccc32)cc(OC)c1C(=O)C[C@@H]1C[C@H]1O. The Kier molecular flexibility index (Phi) is 4.94. The van der Waals surface area contributed by atoms with Crippen molar-refractivity contribution in [2.75, 3.05) is 14.2 Å². The number of aromatic nitrogens is 4. The summed E-state index contributed by atoms with van der Waals surface area (Å²) in [5.41, 5.74) is 5.00. The highest BCUT2D eigenvalue weighted by Gasteiger charge is 2.38. The van der Waals surface area contributed by atoms with Crippen LogP contribution in [0.4, 0.5) is 0 Å². The van der Waals surface area contributed by atoms with E-state index in [-0.39, 0.29) is 24.2 Å². The van der Waals surface area contributed by atoms with Crippen molar-refractivity contribution in [3.63, 3.8) is 0 Å². The zero-order valence-electron chi connectivity index (χ0n) is 18.1. The van der Waals surface area contributed by atoms with Gasteiger partial charge in [-0.1, -0.05) is 6.07 Å². The second kappa shape index (κ2) is 7.80. The van der Waals surface area contributed by atoms with Gasteiger partial charge in [0.05, 0.1) is 43.2 Å². The smallest absolute Gasteiger partial charge is 0.170 e. The van der Waals surface area contributed by atoms with E-state index in [1.54, 1.807) is 11.0 Å². The van der Waals surface area contributed by atoms with Gasteiger partial charge in [0.1, 0.15) is 23.4 Å². The van der Waals surface area contributed by atoms with Crippen molar-refractivity contribution in [2.45, 2.75) is 18.9 Å². The van der Waals surface area contributed by atoms with Gasteiger partial charge in [-0.05, 0) is 30.0 Å². The first kappa shape index (κ1) is 20.3. The number of methoxy groups -OCH3 is 2. The van der Waals surface area contributed by atoms with E-state index in [2.05, 4.69) is 10.1 Å². The van der Waals surface area contributed by atoms with Crippen molar-refractivity contribution in [3.8, 4) is 28.3 Å². The van der Waals surface area contributed by atoms with Crippen LogP contribution in [0.25, 0.3) is 27.8 Å². The molecule has 4 aromatic rings. The molecule has 1 fully saturated rings. The molecule has 164 valence electrons. The molecule has 8 nitrogen and oxygen atoms in total. The van der Waals surface area contributed by atoms with Gasteiger partial charge in [0.25, 0.3) is 0 Å².